The lowest BCUT2D eigenvalue weighted by Gasteiger charge is -2.42. The Kier molecular flexibility index (Phi) is 6.68. The molecule has 0 aliphatic carbocycles. The first kappa shape index (κ1) is 23.9. The molecular weight excluding hydrogens is 445 g/mol. The van der Waals surface area contributed by atoms with Crippen LogP contribution in [0, 0.1) is 17.0 Å². The summed E-state index contributed by atoms with van der Waals surface area (Å²) in [6, 6.07) is 7.02. The number of nitrogens with one attached hydrogen (secondary N) is 2. The minimum absolute atomic E-state index is 0.104. The van der Waals surface area contributed by atoms with E-state index in [0.717, 1.165) is 0 Å². The third-order valence-corrected chi connectivity index (χ3v) is 6.47. The van der Waals surface area contributed by atoms with E-state index in [1.807, 2.05) is 20.8 Å². The first-order valence-corrected chi connectivity index (χ1v) is 10.7. The van der Waals surface area contributed by atoms with Gasteiger partial charge in [-0.1, -0.05) is 62.2 Å². The lowest BCUT2D eigenvalue weighted by atomic mass is 9.68. The average Bonchev–Trinajstić information content (AvgIpc) is 2.97. The fraction of sp³-hybridized carbons (Fsp3) is 0.435. The standard InChI is InChI=1S/C23H26Cl2F2N2O2/c1-22(2,3)11-17-23(28-4,14-9-8-12(24)10-16(14)26)18(20(29-17)21(30)31)13-6-5-7-15(25)19(13)27/h5-10,17-18,20,28-29H,11H2,1-4H3,(H,30,31). The molecule has 1 aliphatic heterocycles. The zero-order chi connectivity index (χ0) is 23.1. The fourth-order valence-corrected chi connectivity index (χ4v) is 5.14. The van der Waals surface area contributed by atoms with Crippen LogP contribution in [0.25, 0.3) is 0 Å². The molecule has 1 saturated heterocycles. The summed E-state index contributed by atoms with van der Waals surface area (Å²) >= 11 is 12.0. The summed E-state index contributed by atoms with van der Waals surface area (Å²) < 4.78 is 30.5. The maximum absolute atomic E-state index is 15.3. The van der Waals surface area contributed by atoms with E-state index in [1.165, 1.54) is 24.3 Å². The van der Waals surface area contributed by atoms with E-state index in [9.17, 15) is 9.90 Å². The summed E-state index contributed by atoms with van der Waals surface area (Å²) in [5.74, 6) is -3.46. The summed E-state index contributed by atoms with van der Waals surface area (Å²) in [6.07, 6.45) is 0.498. The number of aliphatic carboxylic acids is 1. The van der Waals surface area contributed by atoms with Crippen LogP contribution in [0.2, 0.25) is 10.0 Å². The van der Waals surface area contributed by atoms with Gasteiger partial charge in [-0.3, -0.25) is 10.1 Å². The molecule has 4 nitrogen and oxygen atoms in total. The molecule has 0 spiro atoms. The molecule has 1 aliphatic rings. The second-order valence-corrected chi connectivity index (χ2v) is 10.0. The van der Waals surface area contributed by atoms with Crippen LogP contribution in [0.1, 0.15) is 44.2 Å². The number of carboxylic acid groups (broad SMARTS) is 1. The van der Waals surface area contributed by atoms with E-state index in [0.29, 0.717) is 6.42 Å². The Hall–Kier alpha value is -1.73. The topological polar surface area (TPSA) is 61.4 Å². The van der Waals surface area contributed by atoms with Gasteiger partial charge in [0, 0.05) is 22.5 Å². The third-order valence-electron chi connectivity index (χ3n) is 5.94. The third kappa shape index (κ3) is 4.31. The van der Waals surface area contributed by atoms with Gasteiger partial charge in [-0.15, -0.1) is 0 Å². The Morgan fingerprint density at radius 2 is 1.90 bits per heavy atom. The predicted molar refractivity (Wildman–Crippen MR) is 119 cm³/mol. The molecule has 2 aromatic carbocycles. The molecule has 0 amide bonds. The average molecular weight is 471 g/mol. The number of halogens is 4. The van der Waals surface area contributed by atoms with Crippen molar-refractivity contribution < 1.29 is 18.7 Å². The van der Waals surface area contributed by atoms with Crippen molar-refractivity contribution >= 4 is 29.2 Å². The molecule has 8 heteroatoms. The molecule has 4 unspecified atom stereocenters. The van der Waals surface area contributed by atoms with E-state index in [1.54, 1.807) is 19.2 Å². The molecule has 0 radical (unpaired) electrons. The predicted octanol–water partition coefficient (Wildman–Crippen LogP) is 5.33. The largest absolute Gasteiger partial charge is 0.480 e. The highest BCUT2D eigenvalue weighted by Gasteiger charge is 2.59. The summed E-state index contributed by atoms with van der Waals surface area (Å²) in [6.45, 7) is 6.03. The zero-order valence-corrected chi connectivity index (χ0v) is 19.3. The molecule has 1 fully saturated rings. The summed E-state index contributed by atoms with van der Waals surface area (Å²) in [5, 5.41) is 16.5. The van der Waals surface area contributed by atoms with Crippen molar-refractivity contribution in [3.8, 4) is 0 Å². The number of carboxylic acids is 1. The molecule has 2 aromatic rings. The van der Waals surface area contributed by atoms with E-state index < -0.39 is 41.1 Å². The van der Waals surface area contributed by atoms with Crippen LogP contribution in [-0.2, 0) is 10.3 Å². The number of hydrogen-bond acceptors (Lipinski definition) is 3. The molecule has 3 rings (SSSR count). The van der Waals surface area contributed by atoms with E-state index in [-0.39, 0.29) is 26.6 Å². The molecule has 0 aromatic heterocycles. The number of likely N-dealkylation sites (N-methyl/N-ethyl adjacent to an activating group) is 1. The normalized spacial score (nSPS) is 26.3. The summed E-state index contributed by atoms with van der Waals surface area (Å²) in [5.41, 5.74) is -1.19. The maximum atomic E-state index is 15.3. The van der Waals surface area contributed by atoms with Crippen molar-refractivity contribution in [2.45, 2.75) is 50.7 Å². The van der Waals surface area contributed by atoms with Crippen molar-refractivity contribution in [3.05, 3.63) is 69.2 Å². The van der Waals surface area contributed by atoms with Crippen molar-refractivity contribution in [1.29, 1.82) is 0 Å². The first-order valence-electron chi connectivity index (χ1n) is 9.99. The van der Waals surface area contributed by atoms with E-state index in [4.69, 9.17) is 23.2 Å². The minimum atomic E-state index is -1.28. The van der Waals surface area contributed by atoms with Crippen LogP contribution in [0.5, 0.6) is 0 Å². The van der Waals surface area contributed by atoms with E-state index >= 15 is 8.78 Å². The Balaban J connectivity index is 2.36. The minimum Gasteiger partial charge on any atom is -0.480 e. The second kappa shape index (κ2) is 8.66. The van der Waals surface area contributed by atoms with Crippen LogP contribution >= 0.6 is 23.2 Å². The molecule has 0 bridgehead atoms. The molecule has 4 atom stereocenters. The van der Waals surface area contributed by atoms with Crippen LogP contribution in [-0.4, -0.2) is 30.2 Å². The van der Waals surface area contributed by atoms with Crippen LogP contribution in [0.4, 0.5) is 8.78 Å². The molecular formula is C23H26Cl2F2N2O2. The van der Waals surface area contributed by atoms with Gasteiger partial charge in [0.15, 0.2) is 0 Å². The van der Waals surface area contributed by atoms with Gasteiger partial charge in [-0.2, -0.15) is 0 Å². The lowest BCUT2D eigenvalue weighted by molar-refractivity contribution is -0.139. The number of hydrogen-bond donors (Lipinski definition) is 3. The van der Waals surface area contributed by atoms with Crippen molar-refractivity contribution in [1.82, 2.24) is 10.6 Å². The Morgan fingerprint density at radius 3 is 2.45 bits per heavy atom. The highest BCUT2D eigenvalue weighted by atomic mass is 35.5. The lowest BCUT2D eigenvalue weighted by Crippen LogP contribution is -2.54. The highest BCUT2D eigenvalue weighted by Crippen LogP contribution is 2.51. The maximum Gasteiger partial charge on any atom is 0.321 e. The van der Waals surface area contributed by atoms with Gasteiger partial charge in [0.1, 0.15) is 17.7 Å². The number of rotatable bonds is 5. The Bertz CT molecular complexity index is 996. The Labute approximate surface area is 190 Å². The molecule has 1 heterocycles. The van der Waals surface area contributed by atoms with Crippen molar-refractivity contribution in [3.63, 3.8) is 0 Å². The van der Waals surface area contributed by atoms with Crippen LogP contribution in [0.3, 0.4) is 0 Å². The summed E-state index contributed by atoms with van der Waals surface area (Å²) in [7, 11) is 1.63. The van der Waals surface area contributed by atoms with E-state index in [2.05, 4.69) is 10.6 Å². The quantitative estimate of drug-likeness (QED) is 0.552. The van der Waals surface area contributed by atoms with Crippen molar-refractivity contribution in [2.24, 2.45) is 5.41 Å². The number of carbonyl (C=O) groups is 1. The zero-order valence-electron chi connectivity index (χ0n) is 17.8. The summed E-state index contributed by atoms with van der Waals surface area (Å²) in [4.78, 5) is 12.3. The fourth-order valence-electron chi connectivity index (χ4n) is 4.80. The van der Waals surface area contributed by atoms with Gasteiger partial charge in [0.05, 0.1) is 10.6 Å². The molecule has 3 N–H and O–H groups in total. The SMILES string of the molecule is CNC1(c2ccc(Cl)cc2F)C(CC(C)(C)C)NC(C(=O)O)C1c1cccc(Cl)c1F. The second-order valence-electron chi connectivity index (χ2n) is 9.16. The molecule has 0 saturated carbocycles. The van der Waals surface area contributed by atoms with Gasteiger partial charge in [0.25, 0.3) is 0 Å². The number of benzene rings is 2. The molecule has 168 valence electrons. The Morgan fingerprint density at radius 1 is 1.23 bits per heavy atom. The monoisotopic (exact) mass is 470 g/mol. The van der Waals surface area contributed by atoms with Crippen molar-refractivity contribution in [2.75, 3.05) is 7.05 Å². The van der Waals surface area contributed by atoms with Crippen LogP contribution < -0.4 is 10.6 Å². The van der Waals surface area contributed by atoms with Gasteiger partial charge < -0.3 is 10.4 Å². The smallest absolute Gasteiger partial charge is 0.321 e. The first-order chi connectivity index (χ1) is 14.4. The van der Waals surface area contributed by atoms with Crippen LogP contribution in [0.15, 0.2) is 36.4 Å². The van der Waals surface area contributed by atoms with Gasteiger partial charge in [-0.05, 0) is 42.6 Å². The van der Waals surface area contributed by atoms with Gasteiger partial charge in [-0.25, -0.2) is 8.78 Å². The highest BCUT2D eigenvalue weighted by molar-refractivity contribution is 6.31. The van der Waals surface area contributed by atoms with Gasteiger partial charge >= 0.3 is 5.97 Å². The van der Waals surface area contributed by atoms with Gasteiger partial charge in [0.2, 0.25) is 0 Å². The molecule has 31 heavy (non-hydrogen) atoms.